The van der Waals surface area contributed by atoms with E-state index in [4.69, 9.17) is 16.3 Å². The average molecular weight is 506 g/mol. The van der Waals surface area contributed by atoms with E-state index in [-0.39, 0.29) is 5.02 Å². The normalized spacial score (nSPS) is 10.8. The number of rotatable bonds is 5. The molecule has 1 aromatic heterocycles. The van der Waals surface area contributed by atoms with Crippen LogP contribution in [0.1, 0.15) is 5.56 Å². The van der Waals surface area contributed by atoms with Crippen LogP contribution in [-0.4, -0.2) is 9.97 Å². The Kier molecular flexibility index (Phi) is 5.59. The molecule has 0 spiro atoms. The van der Waals surface area contributed by atoms with Gasteiger partial charge < -0.3 is 10.1 Å². The summed E-state index contributed by atoms with van der Waals surface area (Å²) in [7, 11) is 0. The lowest BCUT2D eigenvalue weighted by Gasteiger charge is -2.12. The zero-order chi connectivity index (χ0) is 19.5. The summed E-state index contributed by atoms with van der Waals surface area (Å²) < 4.78 is 20.5. The van der Waals surface area contributed by atoms with Crippen LogP contribution in [0.25, 0.3) is 10.9 Å². The summed E-state index contributed by atoms with van der Waals surface area (Å²) in [5.74, 6) is 0.849. The van der Waals surface area contributed by atoms with Gasteiger partial charge in [-0.25, -0.2) is 14.4 Å². The van der Waals surface area contributed by atoms with Crippen LogP contribution in [0.3, 0.4) is 0 Å². The van der Waals surface area contributed by atoms with E-state index >= 15 is 0 Å². The molecule has 0 aliphatic carbocycles. The maximum absolute atomic E-state index is 13.7. The van der Waals surface area contributed by atoms with Crippen LogP contribution < -0.4 is 10.1 Å². The zero-order valence-electron chi connectivity index (χ0n) is 14.5. The second-order valence-corrected chi connectivity index (χ2v) is 7.62. The third-order valence-corrected chi connectivity index (χ3v) is 5.24. The Morgan fingerprint density at radius 3 is 2.64 bits per heavy atom. The standard InChI is InChI=1S/C21H14ClFIN3O/c22-16-9-15-19(10-17(16)23)25-12-26-21(15)27-14-6-7-20(18(24)8-14)28-11-13-4-2-1-3-5-13/h1-10,12H,11H2,(H,25,26,27). The van der Waals surface area contributed by atoms with Crippen LogP contribution in [-0.2, 0) is 6.61 Å². The van der Waals surface area contributed by atoms with Gasteiger partial charge in [-0.05, 0) is 52.4 Å². The first-order valence-corrected chi connectivity index (χ1v) is 9.89. The van der Waals surface area contributed by atoms with Gasteiger partial charge in [0.15, 0.2) is 0 Å². The van der Waals surface area contributed by atoms with Crippen molar-refractivity contribution < 1.29 is 9.13 Å². The second kappa shape index (κ2) is 8.28. The number of hydrogen-bond donors (Lipinski definition) is 1. The molecule has 1 N–H and O–H groups in total. The average Bonchev–Trinajstić information content (AvgIpc) is 2.70. The molecule has 1 heterocycles. The lowest BCUT2D eigenvalue weighted by Crippen LogP contribution is -1.99. The summed E-state index contributed by atoms with van der Waals surface area (Å²) in [5.41, 5.74) is 2.42. The van der Waals surface area contributed by atoms with E-state index in [1.807, 2.05) is 48.5 Å². The summed E-state index contributed by atoms with van der Waals surface area (Å²) in [5, 5.41) is 3.92. The molecule has 7 heteroatoms. The number of benzene rings is 3. The molecular formula is C21H14ClFIN3O. The highest BCUT2D eigenvalue weighted by Gasteiger charge is 2.10. The Morgan fingerprint density at radius 2 is 1.86 bits per heavy atom. The first kappa shape index (κ1) is 18.9. The van der Waals surface area contributed by atoms with E-state index < -0.39 is 5.82 Å². The van der Waals surface area contributed by atoms with E-state index in [9.17, 15) is 4.39 Å². The Morgan fingerprint density at radius 1 is 1.04 bits per heavy atom. The van der Waals surface area contributed by atoms with Crippen molar-refractivity contribution in [3.8, 4) is 5.75 Å². The molecule has 4 aromatic rings. The molecule has 0 saturated heterocycles. The topological polar surface area (TPSA) is 47.0 Å². The van der Waals surface area contributed by atoms with Gasteiger partial charge in [0, 0.05) is 17.1 Å². The van der Waals surface area contributed by atoms with Crippen LogP contribution >= 0.6 is 34.2 Å². The van der Waals surface area contributed by atoms with Crippen LogP contribution in [0.15, 0.2) is 67.0 Å². The Bertz CT molecular complexity index is 1140. The molecule has 0 atom stereocenters. The van der Waals surface area contributed by atoms with E-state index in [1.165, 1.54) is 18.5 Å². The molecule has 0 radical (unpaired) electrons. The molecule has 0 amide bonds. The van der Waals surface area contributed by atoms with Crippen molar-refractivity contribution >= 4 is 56.6 Å². The maximum atomic E-state index is 13.7. The second-order valence-electron chi connectivity index (χ2n) is 6.05. The van der Waals surface area contributed by atoms with Crippen molar-refractivity contribution in [1.82, 2.24) is 9.97 Å². The smallest absolute Gasteiger partial charge is 0.143 e. The molecule has 0 saturated carbocycles. The number of anilines is 2. The van der Waals surface area contributed by atoms with Crippen molar-refractivity contribution in [3.63, 3.8) is 0 Å². The molecule has 0 fully saturated rings. The highest BCUT2D eigenvalue weighted by Crippen LogP contribution is 2.30. The molecule has 4 rings (SSSR count). The molecule has 28 heavy (non-hydrogen) atoms. The monoisotopic (exact) mass is 505 g/mol. The first-order chi connectivity index (χ1) is 13.6. The number of halogens is 3. The van der Waals surface area contributed by atoms with Gasteiger partial charge in [-0.2, -0.15) is 0 Å². The minimum Gasteiger partial charge on any atom is -0.488 e. The molecule has 0 unspecified atom stereocenters. The molecule has 0 bridgehead atoms. The van der Waals surface area contributed by atoms with Crippen molar-refractivity contribution in [1.29, 1.82) is 0 Å². The van der Waals surface area contributed by atoms with E-state index in [0.29, 0.717) is 23.3 Å². The van der Waals surface area contributed by atoms with Crippen LogP contribution in [0, 0.1) is 9.39 Å². The van der Waals surface area contributed by atoms with Gasteiger partial charge in [-0.3, -0.25) is 0 Å². The van der Waals surface area contributed by atoms with E-state index in [0.717, 1.165) is 20.6 Å². The SMILES string of the molecule is Fc1cc2ncnc(Nc3ccc(OCc4ccccc4)c(I)c3)c2cc1Cl. The minimum atomic E-state index is -0.506. The highest BCUT2D eigenvalue weighted by atomic mass is 127. The predicted molar refractivity (Wildman–Crippen MR) is 118 cm³/mol. The van der Waals surface area contributed by atoms with E-state index in [2.05, 4.69) is 37.9 Å². The van der Waals surface area contributed by atoms with Gasteiger partial charge in [0.2, 0.25) is 0 Å². The van der Waals surface area contributed by atoms with Crippen molar-refractivity contribution in [3.05, 3.63) is 87.0 Å². The Balaban J connectivity index is 1.55. The molecular weight excluding hydrogens is 492 g/mol. The summed E-state index contributed by atoms with van der Waals surface area (Å²) >= 11 is 8.15. The third-order valence-electron chi connectivity index (χ3n) is 4.11. The zero-order valence-corrected chi connectivity index (χ0v) is 17.4. The predicted octanol–water partition coefficient (Wildman–Crippen LogP) is 6.35. The van der Waals surface area contributed by atoms with Crippen LogP contribution in [0.4, 0.5) is 15.9 Å². The fourth-order valence-electron chi connectivity index (χ4n) is 2.72. The third kappa shape index (κ3) is 4.18. The fourth-order valence-corrected chi connectivity index (χ4v) is 3.55. The van der Waals surface area contributed by atoms with Gasteiger partial charge in [-0.1, -0.05) is 41.9 Å². The fraction of sp³-hybridized carbons (Fsp3) is 0.0476. The van der Waals surface area contributed by atoms with Crippen molar-refractivity contribution in [2.45, 2.75) is 6.61 Å². The lowest BCUT2D eigenvalue weighted by atomic mass is 10.2. The number of nitrogens with zero attached hydrogens (tertiary/aromatic N) is 2. The van der Waals surface area contributed by atoms with Gasteiger partial charge >= 0.3 is 0 Å². The maximum Gasteiger partial charge on any atom is 0.143 e. The quantitative estimate of drug-likeness (QED) is 0.321. The summed E-state index contributed by atoms with van der Waals surface area (Å²) in [6, 6.07) is 18.6. The van der Waals surface area contributed by atoms with E-state index in [1.54, 1.807) is 0 Å². The molecule has 0 aliphatic rings. The van der Waals surface area contributed by atoms with Crippen LogP contribution in [0.2, 0.25) is 5.02 Å². The first-order valence-electron chi connectivity index (χ1n) is 8.43. The number of aromatic nitrogens is 2. The van der Waals surface area contributed by atoms with Gasteiger partial charge in [0.1, 0.15) is 30.3 Å². The lowest BCUT2D eigenvalue weighted by molar-refractivity contribution is 0.304. The van der Waals surface area contributed by atoms with Gasteiger partial charge in [0.05, 0.1) is 14.1 Å². The molecule has 140 valence electrons. The number of hydrogen-bond acceptors (Lipinski definition) is 4. The van der Waals surface area contributed by atoms with Crippen molar-refractivity contribution in [2.24, 2.45) is 0 Å². The Hall–Kier alpha value is -2.45. The van der Waals surface area contributed by atoms with Gasteiger partial charge in [0.25, 0.3) is 0 Å². The molecule has 0 aliphatic heterocycles. The minimum absolute atomic E-state index is 0.0320. The summed E-state index contributed by atoms with van der Waals surface area (Å²) in [6.07, 6.45) is 1.39. The Labute approximate surface area is 179 Å². The van der Waals surface area contributed by atoms with Crippen molar-refractivity contribution in [2.75, 3.05) is 5.32 Å². The number of fused-ring (bicyclic) bond motifs is 1. The molecule has 4 nitrogen and oxygen atoms in total. The highest BCUT2D eigenvalue weighted by molar-refractivity contribution is 14.1. The number of nitrogens with one attached hydrogen (secondary N) is 1. The summed E-state index contributed by atoms with van der Waals surface area (Å²) in [6.45, 7) is 0.504. The largest absolute Gasteiger partial charge is 0.488 e. The summed E-state index contributed by atoms with van der Waals surface area (Å²) in [4.78, 5) is 8.36. The number of ether oxygens (including phenoxy) is 1. The molecule has 3 aromatic carbocycles. The van der Waals surface area contributed by atoms with Crippen LogP contribution in [0.5, 0.6) is 5.75 Å². The van der Waals surface area contributed by atoms with Gasteiger partial charge in [-0.15, -0.1) is 0 Å².